The van der Waals surface area contributed by atoms with Crippen LogP contribution in [-0.4, -0.2) is 34.4 Å². The summed E-state index contributed by atoms with van der Waals surface area (Å²) < 4.78 is 0. The molecule has 3 rings (SSSR count). The van der Waals surface area contributed by atoms with Crippen LogP contribution in [0.15, 0.2) is 48.7 Å². The summed E-state index contributed by atoms with van der Waals surface area (Å²) in [6, 6.07) is 12.9. The van der Waals surface area contributed by atoms with Crippen LogP contribution in [0, 0.1) is 6.92 Å². The molecule has 1 fully saturated rings. The predicted molar refractivity (Wildman–Crippen MR) is 91.4 cm³/mol. The Morgan fingerprint density at radius 2 is 2.04 bits per heavy atom. The molecular weight excluding hydrogens is 304 g/mol. The molecule has 1 unspecified atom stereocenters. The third-order valence-corrected chi connectivity index (χ3v) is 3.92. The summed E-state index contributed by atoms with van der Waals surface area (Å²) in [7, 11) is 0. The molecule has 0 aliphatic carbocycles. The van der Waals surface area contributed by atoms with Crippen molar-refractivity contribution in [2.75, 3.05) is 11.9 Å². The lowest BCUT2D eigenvalue weighted by molar-refractivity contribution is -0.128. The van der Waals surface area contributed by atoms with E-state index in [1.807, 2.05) is 43.3 Å². The molecule has 6 nitrogen and oxygen atoms in total. The SMILES string of the molecule is Cc1ccc(NC(=O)NC2CC(=O)N(Cc3ccccc3)C2)nc1. The van der Waals surface area contributed by atoms with Gasteiger partial charge in [0.15, 0.2) is 0 Å². The molecule has 0 saturated carbocycles. The molecule has 2 heterocycles. The average molecular weight is 324 g/mol. The summed E-state index contributed by atoms with van der Waals surface area (Å²) in [5.41, 5.74) is 2.11. The maximum Gasteiger partial charge on any atom is 0.320 e. The summed E-state index contributed by atoms with van der Waals surface area (Å²) in [6.07, 6.45) is 2.01. The van der Waals surface area contributed by atoms with Crippen LogP contribution in [-0.2, 0) is 11.3 Å². The number of carbonyl (C=O) groups excluding carboxylic acids is 2. The number of pyridine rings is 1. The Bertz CT molecular complexity index is 716. The van der Waals surface area contributed by atoms with Gasteiger partial charge >= 0.3 is 6.03 Å². The Hall–Kier alpha value is -2.89. The van der Waals surface area contributed by atoms with Gasteiger partial charge in [-0.2, -0.15) is 0 Å². The average Bonchev–Trinajstić information content (AvgIpc) is 2.90. The lowest BCUT2D eigenvalue weighted by atomic mass is 10.2. The highest BCUT2D eigenvalue weighted by Gasteiger charge is 2.30. The molecule has 1 aliphatic heterocycles. The molecular formula is C18H20N4O2. The van der Waals surface area contributed by atoms with Gasteiger partial charge in [0.25, 0.3) is 0 Å². The number of aromatic nitrogens is 1. The molecule has 1 aromatic carbocycles. The van der Waals surface area contributed by atoms with E-state index in [-0.39, 0.29) is 18.0 Å². The lowest BCUT2D eigenvalue weighted by Crippen LogP contribution is -2.39. The summed E-state index contributed by atoms with van der Waals surface area (Å²) in [5, 5.41) is 5.52. The third kappa shape index (κ3) is 4.10. The summed E-state index contributed by atoms with van der Waals surface area (Å²) >= 11 is 0. The number of hydrogen-bond acceptors (Lipinski definition) is 3. The largest absolute Gasteiger partial charge is 0.336 e. The molecule has 3 amide bonds. The van der Waals surface area contributed by atoms with Crippen molar-refractivity contribution < 1.29 is 9.59 Å². The molecule has 0 radical (unpaired) electrons. The van der Waals surface area contributed by atoms with Crippen molar-refractivity contribution in [2.24, 2.45) is 0 Å². The number of anilines is 1. The van der Waals surface area contributed by atoms with Crippen LogP contribution in [0.5, 0.6) is 0 Å². The number of hydrogen-bond donors (Lipinski definition) is 2. The molecule has 124 valence electrons. The smallest absolute Gasteiger partial charge is 0.320 e. The van der Waals surface area contributed by atoms with Crippen molar-refractivity contribution in [2.45, 2.75) is 25.9 Å². The van der Waals surface area contributed by atoms with Crippen LogP contribution in [0.1, 0.15) is 17.5 Å². The molecule has 2 aromatic rings. The van der Waals surface area contributed by atoms with Gasteiger partial charge in [-0.1, -0.05) is 36.4 Å². The highest BCUT2D eigenvalue weighted by atomic mass is 16.2. The van der Waals surface area contributed by atoms with E-state index in [1.54, 1.807) is 17.2 Å². The number of nitrogens with zero attached hydrogens (tertiary/aromatic N) is 2. The van der Waals surface area contributed by atoms with Crippen LogP contribution >= 0.6 is 0 Å². The van der Waals surface area contributed by atoms with Gasteiger partial charge in [0, 0.05) is 25.7 Å². The molecule has 1 aromatic heterocycles. The number of carbonyl (C=O) groups is 2. The summed E-state index contributed by atoms with van der Waals surface area (Å²) in [4.78, 5) is 30.0. The first-order valence-electron chi connectivity index (χ1n) is 7.92. The Morgan fingerprint density at radius 1 is 1.25 bits per heavy atom. The van der Waals surface area contributed by atoms with E-state index in [4.69, 9.17) is 0 Å². The normalized spacial score (nSPS) is 17.0. The van der Waals surface area contributed by atoms with Crippen molar-refractivity contribution in [1.82, 2.24) is 15.2 Å². The van der Waals surface area contributed by atoms with Crippen molar-refractivity contribution >= 4 is 17.8 Å². The van der Waals surface area contributed by atoms with Crippen LogP contribution < -0.4 is 10.6 Å². The minimum atomic E-state index is -0.342. The van der Waals surface area contributed by atoms with E-state index in [2.05, 4.69) is 15.6 Å². The van der Waals surface area contributed by atoms with Crippen LogP contribution in [0.2, 0.25) is 0 Å². The summed E-state index contributed by atoms with van der Waals surface area (Å²) in [5.74, 6) is 0.543. The monoisotopic (exact) mass is 324 g/mol. The Balaban J connectivity index is 1.52. The van der Waals surface area contributed by atoms with E-state index in [0.29, 0.717) is 25.3 Å². The second-order valence-electron chi connectivity index (χ2n) is 5.98. The van der Waals surface area contributed by atoms with Gasteiger partial charge in [-0.25, -0.2) is 9.78 Å². The number of nitrogens with one attached hydrogen (secondary N) is 2. The van der Waals surface area contributed by atoms with E-state index in [0.717, 1.165) is 11.1 Å². The second-order valence-corrected chi connectivity index (χ2v) is 5.98. The Kier molecular flexibility index (Phi) is 4.74. The zero-order valence-corrected chi connectivity index (χ0v) is 13.5. The first kappa shape index (κ1) is 16.0. The fourth-order valence-electron chi connectivity index (χ4n) is 2.71. The van der Waals surface area contributed by atoms with Crippen LogP contribution in [0.4, 0.5) is 10.6 Å². The Morgan fingerprint density at radius 3 is 2.75 bits per heavy atom. The van der Waals surface area contributed by atoms with Crippen molar-refractivity contribution in [1.29, 1.82) is 0 Å². The molecule has 6 heteroatoms. The number of aryl methyl sites for hydroxylation is 1. The highest BCUT2D eigenvalue weighted by molar-refractivity contribution is 5.89. The van der Waals surface area contributed by atoms with E-state index >= 15 is 0 Å². The van der Waals surface area contributed by atoms with Gasteiger partial charge in [0.1, 0.15) is 5.82 Å². The molecule has 2 N–H and O–H groups in total. The summed E-state index contributed by atoms with van der Waals surface area (Å²) in [6.45, 7) is 3.02. The standard InChI is InChI=1S/C18H20N4O2/c1-13-7-8-16(19-10-13)21-18(24)20-15-9-17(23)22(12-15)11-14-5-3-2-4-6-14/h2-8,10,15H,9,11-12H2,1H3,(H2,19,20,21,24). The van der Waals surface area contributed by atoms with Gasteiger partial charge in [-0.15, -0.1) is 0 Å². The molecule has 1 saturated heterocycles. The van der Waals surface area contributed by atoms with Gasteiger partial charge in [-0.05, 0) is 24.1 Å². The second kappa shape index (κ2) is 7.12. The number of rotatable bonds is 4. The molecule has 1 atom stereocenters. The molecule has 0 spiro atoms. The van der Waals surface area contributed by atoms with E-state index in [9.17, 15) is 9.59 Å². The number of amides is 3. The zero-order valence-electron chi connectivity index (χ0n) is 13.5. The first-order valence-corrected chi connectivity index (χ1v) is 7.92. The van der Waals surface area contributed by atoms with Gasteiger partial charge < -0.3 is 10.2 Å². The third-order valence-electron chi connectivity index (χ3n) is 3.92. The molecule has 1 aliphatic rings. The van der Waals surface area contributed by atoms with Crippen molar-refractivity contribution in [3.8, 4) is 0 Å². The number of likely N-dealkylation sites (tertiary alicyclic amines) is 1. The Labute approximate surface area is 140 Å². The zero-order chi connectivity index (χ0) is 16.9. The van der Waals surface area contributed by atoms with Gasteiger partial charge in [0.2, 0.25) is 5.91 Å². The maximum atomic E-state index is 12.1. The minimum Gasteiger partial charge on any atom is -0.336 e. The van der Waals surface area contributed by atoms with Crippen LogP contribution in [0.3, 0.4) is 0 Å². The fraction of sp³-hybridized carbons (Fsp3) is 0.278. The van der Waals surface area contributed by atoms with Crippen molar-refractivity contribution in [3.05, 3.63) is 59.8 Å². The predicted octanol–water partition coefficient (Wildman–Crippen LogP) is 2.31. The van der Waals surface area contributed by atoms with E-state index < -0.39 is 0 Å². The van der Waals surface area contributed by atoms with Gasteiger partial charge in [-0.3, -0.25) is 10.1 Å². The van der Waals surface area contributed by atoms with E-state index in [1.165, 1.54) is 0 Å². The minimum absolute atomic E-state index is 0.0533. The molecule has 24 heavy (non-hydrogen) atoms. The lowest BCUT2D eigenvalue weighted by Gasteiger charge is -2.17. The van der Waals surface area contributed by atoms with Crippen molar-refractivity contribution in [3.63, 3.8) is 0 Å². The van der Waals surface area contributed by atoms with Gasteiger partial charge in [0.05, 0.1) is 6.04 Å². The highest BCUT2D eigenvalue weighted by Crippen LogP contribution is 2.15. The number of benzene rings is 1. The fourth-order valence-corrected chi connectivity index (χ4v) is 2.71. The number of urea groups is 1. The van der Waals surface area contributed by atoms with Crippen LogP contribution in [0.25, 0.3) is 0 Å². The maximum absolute atomic E-state index is 12.1. The molecule has 0 bridgehead atoms. The quantitative estimate of drug-likeness (QED) is 0.906. The first-order chi connectivity index (χ1) is 11.6. The topological polar surface area (TPSA) is 74.3 Å².